The van der Waals surface area contributed by atoms with Crippen molar-refractivity contribution in [2.24, 2.45) is 11.8 Å². The van der Waals surface area contributed by atoms with Gasteiger partial charge in [-0.2, -0.15) is 0 Å². The van der Waals surface area contributed by atoms with Crippen LogP contribution < -0.4 is 14.5 Å². The second-order valence-electron chi connectivity index (χ2n) is 10.0. The molecule has 0 aliphatic carbocycles. The van der Waals surface area contributed by atoms with E-state index >= 15 is 0 Å². The van der Waals surface area contributed by atoms with Crippen molar-refractivity contribution < 1.29 is 28.8 Å². The van der Waals surface area contributed by atoms with Gasteiger partial charge in [-0.05, 0) is 54.4 Å². The summed E-state index contributed by atoms with van der Waals surface area (Å²) in [5, 5.41) is 11.2. The zero-order valence-electron chi connectivity index (χ0n) is 21.5. The summed E-state index contributed by atoms with van der Waals surface area (Å²) in [4.78, 5) is 67.1. The second kappa shape index (κ2) is 9.26. The number of para-hydroxylation sites is 1. The maximum atomic E-state index is 14.1. The zero-order chi connectivity index (χ0) is 28.3. The number of nitro benzene ring substituents is 1. The number of Topliss-reactive ketones (excluding diaryl/α,β-unsaturated/α-hetero) is 1. The predicted molar refractivity (Wildman–Crippen MR) is 145 cm³/mol. The molecule has 10 heteroatoms. The summed E-state index contributed by atoms with van der Waals surface area (Å²) in [7, 11) is 0. The van der Waals surface area contributed by atoms with Crippen molar-refractivity contribution in [3.8, 4) is 5.75 Å². The topological polar surface area (TPSA) is 127 Å². The number of ether oxygens (including phenoxy) is 1. The van der Waals surface area contributed by atoms with Crippen LogP contribution in [0.2, 0.25) is 0 Å². The summed E-state index contributed by atoms with van der Waals surface area (Å²) in [6.45, 7) is 2.88. The fraction of sp³-hybridized carbons (Fsp3) is 0.200. The molecule has 2 saturated heterocycles. The smallest absolute Gasteiger partial charge is 0.308 e. The number of hydrogen-bond donors (Lipinski definition) is 0. The monoisotopic (exact) mass is 537 g/mol. The fourth-order valence-electron chi connectivity index (χ4n) is 6.08. The number of benzene rings is 3. The number of nitro groups is 1. The number of ketones is 1. The number of amides is 2. The lowest BCUT2D eigenvalue weighted by Gasteiger charge is -2.36. The summed E-state index contributed by atoms with van der Waals surface area (Å²) < 4.78 is 5.09. The minimum Gasteiger partial charge on any atom is -0.427 e. The minimum atomic E-state index is -0.986. The molecule has 0 saturated carbocycles. The largest absolute Gasteiger partial charge is 0.427 e. The molecule has 40 heavy (non-hydrogen) atoms. The number of nitrogens with zero attached hydrogens (tertiary/aromatic N) is 3. The number of fused-ring (bicyclic) bond motifs is 5. The molecule has 2 fully saturated rings. The molecule has 3 aromatic rings. The minimum absolute atomic E-state index is 0.149. The first-order valence-electron chi connectivity index (χ1n) is 12.7. The number of rotatable bonds is 5. The van der Waals surface area contributed by atoms with E-state index < -0.39 is 46.6 Å². The van der Waals surface area contributed by atoms with Gasteiger partial charge in [0.25, 0.3) is 5.69 Å². The highest BCUT2D eigenvalue weighted by atomic mass is 16.6. The van der Waals surface area contributed by atoms with Gasteiger partial charge in [0.15, 0.2) is 5.78 Å². The quantitative estimate of drug-likeness (QED) is 0.119. The van der Waals surface area contributed by atoms with Crippen molar-refractivity contribution >= 4 is 46.7 Å². The average Bonchev–Trinajstić information content (AvgIpc) is 3.41. The van der Waals surface area contributed by atoms with Crippen LogP contribution in [0.4, 0.5) is 17.1 Å². The van der Waals surface area contributed by atoms with E-state index in [1.165, 1.54) is 49.4 Å². The molecule has 0 bridgehead atoms. The molecular weight excluding hydrogens is 514 g/mol. The Morgan fingerprint density at radius 1 is 0.925 bits per heavy atom. The maximum Gasteiger partial charge on any atom is 0.308 e. The summed E-state index contributed by atoms with van der Waals surface area (Å²) in [5.41, 5.74) is 2.43. The van der Waals surface area contributed by atoms with Crippen molar-refractivity contribution in [2.75, 3.05) is 9.80 Å². The van der Waals surface area contributed by atoms with E-state index in [4.69, 9.17) is 4.74 Å². The van der Waals surface area contributed by atoms with Crippen molar-refractivity contribution in [3.05, 3.63) is 99.6 Å². The van der Waals surface area contributed by atoms with Gasteiger partial charge in [-0.1, -0.05) is 30.4 Å². The van der Waals surface area contributed by atoms with E-state index in [-0.39, 0.29) is 22.9 Å². The highest BCUT2D eigenvalue weighted by Crippen LogP contribution is 2.50. The molecule has 10 nitrogen and oxygen atoms in total. The molecule has 3 aliphatic heterocycles. The lowest BCUT2D eigenvalue weighted by atomic mass is 9.86. The van der Waals surface area contributed by atoms with Crippen molar-refractivity contribution in [3.63, 3.8) is 0 Å². The number of hydrogen-bond acceptors (Lipinski definition) is 8. The van der Waals surface area contributed by atoms with Crippen LogP contribution >= 0.6 is 0 Å². The Balaban J connectivity index is 1.44. The van der Waals surface area contributed by atoms with Crippen LogP contribution in [0.1, 0.15) is 28.4 Å². The number of anilines is 2. The van der Waals surface area contributed by atoms with Crippen LogP contribution in [-0.2, 0) is 14.4 Å². The summed E-state index contributed by atoms with van der Waals surface area (Å²) >= 11 is 0. The molecule has 0 aromatic heterocycles. The van der Waals surface area contributed by atoms with E-state index in [0.29, 0.717) is 11.1 Å². The summed E-state index contributed by atoms with van der Waals surface area (Å²) in [6, 6.07) is 16.0. The Bertz CT molecular complexity index is 1650. The first kappa shape index (κ1) is 25.2. The zero-order valence-corrected chi connectivity index (χ0v) is 21.5. The van der Waals surface area contributed by atoms with Gasteiger partial charge in [0.1, 0.15) is 11.8 Å². The van der Waals surface area contributed by atoms with E-state index in [9.17, 15) is 29.3 Å². The third-order valence-corrected chi connectivity index (χ3v) is 7.72. The standard InChI is InChI=1S/C30H23N3O7/c1-16-15-20(33(38)39)10-14-22(16)32-29(36)25-24-13-9-18-5-3-4-6-23(18)31(24)27(26(25)30(32)37)28(35)19-7-11-21(12-8-19)40-17(2)34/h3-15,24-27H,1-2H3/t24-,25+,26+,27-/m0/s1. The van der Waals surface area contributed by atoms with Crippen LogP contribution in [0.3, 0.4) is 0 Å². The molecule has 0 unspecified atom stereocenters. The third-order valence-electron chi connectivity index (χ3n) is 7.72. The molecule has 0 spiro atoms. The normalized spacial score (nSPS) is 22.6. The van der Waals surface area contributed by atoms with Gasteiger partial charge in [0, 0.05) is 30.3 Å². The molecule has 3 aliphatic rings. The first-order valence-corrected chi connectivity index (χ1v) is 12.7. The molecular formula is C30H23N3O7. The molecule has 200 valence electrons. The van der Waals surface area contributed by atoms with Crippen molar-refractivity contribution in [1.82, 2.24) is 0 Å². The van der Waals surface area contributed by atoms with Crippen LogP contribution in [-0.4, -0.2) is 40.6 Å². The van der Waals surface area contributed by atoms with E-state index in [2.05, 4.69) is 0 Å². The van der Waals surface area contributed by atoms with Crippen LogP contribution in [0.25, 0.3) is 6.08 Å². The Hall–Kier alpha value is -5.12. The Morgan fingerprint density at radius 2 is 1.62 bits per heavy atom. The molecule has 2 amide bonds. The number of carbonyl (C=O) groups is 4. The Labute approximate surface area is 228 Å². The fourth-order valence-corrected chi connectivity index (χ4v) is 6.08. The third kappa shape index (κ3) is 3.79. The number of carbonyl (C=O) groups excluding carboxylic acids is 4. The number of esters is 1. The molecule has 3 aromatic carbocycles. The Morgan fingerprint density at radius 3 is 2.30 bits per heavy atom. The molecule has 0 N–H and O–H groups in total. The van der Waals surface area contributed by atoms with Crippen molar-refractivity contribution in [1.29, 1.82) is 0 Å². The lowest BCUT2D eigenvalue weighted by Crippen LogP contribution is -2.49. The highest BCUT2D eigenvalue weighted by molar-refractivity contribution is 6.26. The first-order chi connectivity index (χ1) is 19.2. The van der Waals surface area contributed by atoms with Crippen LogP contribution in [0, 0.1) is 28.9 Å². The van der Waals surface area contributed by atoms with Gasteiger partial charge in [-0.25, -0.2) is 4.90 Å². The second-order valence-corrected chi connectivity index (χ2v) is 10.0. The molecule has 6 rings (SSSR count). The number of non-ortho nitro benzene ring substituents is 1. The number of aryl methyl sites for hydroxylation is 1. The van der Waals surface area contributed by atoms with Gasteiger partial charge in [-0.3, -0.25) is 29.3 Å². The lowest BCUT2D eigenvalue weighted by molar-refractivity contribution is -0.384. The molecule has 0 radical (unpaired) electrons. The highest BCUT2D eigenvalue weighted by Gasteiger charge is 2.64. The van der Waals surface area contributed by atoms with Crippen molar-refractivity contribution in [2.45, 2.75) is 25.9 Å². The van der Waals surface area contributed by atoms with Gasteiger partial charge in [0.2, 0.25) is 11.8 Å². The van der Waals surface area contributed by atoms with E-state index in [1.54, 1.807) is 6.92 Å². The van der Waals surface area contributed by atoms with Gasteiger partial charge in [0.05, 0.1) is 28.5 Å². The molecule has 4 atom stereocenters. The Kier molecular flexibility index (Phi) is 5.83. The van der Waals surface area contributed by atoms with Gasteiger partial charge >= 0.3 is 5.97 Å². The van der Waals surface area contributed by atoms with Crippen LogP contribution in [0.5, 0.6) is 5.75 Å². The molecule has 3 heterocycles. The van der Waals surface area contributed by atoms with Gasteiger partial charge < -0.3 is 9.64 Å². The summed E-state index contributed by atoms with van der Waals surface area (Å²) in [6.07, 6.45) is 3.75. The van der Waals surface area contributed by atoms with Gasteiger partial charge in [-0.15, -0.1) is 0 Å². The van der Waals surface area contributed by atoms with Crippen LogP contribution in [0.15, 0.2) is 72.8 Å². The number of imide groups is 1. The SMILES string of the molecule is CC(=O)Oc1ccc(C(=O)[C@@H]2[C@@H]3C(=O)N(c4ccc([N+](=O)[O-])cc4C)C(=O)[C@@H]3[C@@H]3C=Cc4ccccc4N23)cc1. The average molecular weight is 538 g/mol. The summed E-state index contributed by atoms with van der Waals surface area (Å²) in [5.74, 6) is -3.35. The van der Waals surface area contributed by atoms with E-state index in [1.807, 2.05) is 41.3 Å². The predicted octanol–water partition coefficient (Wildman–Crippen LogP) is 4.10. The van der Waals surface area contributed by atoms with E-state index in [0.717, 1.165) is 16.2 Å². The maximum absolute atomic E-state index is 14.1.